The first-order valence-corrected chi connectivity index (χ1v) is 12.2. The van der Waals surface area contributed by atoms with E-state index in [2.05, 4.69) is 9.97 Å². The highest BCUT2D eigenvalue weighted by atomic mass is 32.1. The van der Waals surface area contributed by atoms with Crippen LogP contribution in [0.25, 0.3) is 32.1 Å². The standard InChI is InChI=1S/C25H22F2N6O2S/c1-32(2)16-7-33(8-17(16)34)25-30-6-12-13-9-35-10-14(13)20(22(27)23(12)31-25)21-15(26)3-4-18-19(21)11(5-28)24(29)36-18/h3-4,6,16-17,34H,7-10,29H2,1-2H3/t16-,17+/m1/s1. The van der Waals surface area contributed by atoms with Gasteiger partial charge in [0.05, 0.1) is 30.9 Å². The zero-order valence-electron chi connectivity index (χ0n) is 19.5. The minimum absolute atomic E-state index is 0.0115. The van der Waals surface area contributed by atoms with Gasteiger partial charge in [0.1, 0.15) is 22.4 Å². The summed E-state index contributed by atoms with van der Waals surface area (Å²) < 4.78 is 38.1. The average molecular weight is 509 g/mol. The van der Waals surface area contributed by atoms with Crippen molar-refractivity contribution < 1.29 is 18.6 Å². The Morgan fingerprint density at radius 2 is 2.00 bits per heavy atom. The molecular weight excluding hydrogens is 486 g/mol. The van der Waals surface area contributed by atoms with E-state index in [0.29, 0.717) is 34.3 Å². The number of likely N-dealkylation sites (N-methyl/N-ethyl adjacent to an activating group) is 1. The van der Waals surface area contributed by atoms with Crippen LogP contribution in [0.2, 0.25) is 0 Å². The van der Waals surface area contributed by atoms with Gasteiger partial charge in [0.15, 0.2) is 5.82 Å². The number of aromatic nitrogens is 2. The fourth-order valence-corrected chi connectivity index (χ4v) is 6.23. The van der Waals surface area contributed by atoms with E-state index in [-0.39, 0.29) is 57.8 Å². The monoisotopic (exact) mass is 508 g/mol. The molecule has 2 aliphatic heterocycles. The molecule has 2 aromatic carbocycles. The average Bonchev–Trinajstić information content (AvgIpc) is 3.56. The first-order chi connectivity index (χ1) is 17.3. The van der Waals surface area contributed by atoms with Crippen molar-refractivity contribution >= 4 is 43.3 Å². The molecule has 36 heavy (non-hydrogen) atoms. The first kappa shape index (κ1) is 23.0. The second kappa shape index (κ2) is 8.31. The second-order valence-corrected chi connectivity index (χ2v) is 10.4. The molecule has 4 heterocycles. The summed E-state index contributed by atoms with van der Waals surface area (Å²) in [5.41, 5.74) is 7.44. The number of nitrogen functional groups attached to an aromatic ring is 1. The third kappa shape index (κ3) is 3.26. The van der Waals surface area contributed by atoms with Crippen LogP contribution in [0.3, 0.4) is 0 Å². The van der Waals surface area contributed by atoms with Crippen LogP contribution >= 0.6 is 11.3 Å². The quantitative estimate of drug-likeness (QED) is 0.433. The molecule has 1 saturated heterocycles. The Bertz CT molecular complexity index is 1600. The molecule has 4 aromatic rings. The highest BCUT2D eigenvalue weighted by Crippen LogP contribution is 2.46. The molecule has 2 aliphatic rings. The first-order valence-electron chi connectivity index (χ1n) is 11.4. The molecule has 0 bridgehead atoms. The summed E-state index contributed by atoms with van der Waals surface area (Å²) in [7, 11) is 3.77. The van der Waals surface area contributed by atoms with Gasteiger partial charge in [-0.3, -0.25) is 0 Å². The SMILES string of the molecule is CN(C)[C@@H]1CN(c2ncc3c4c(c(-c5c(F)ccc6sc(N)c(C#N)c56)c(F)c3n2)COC4)C[C@@H]1O. The minimum atomic E-state index is -0.707. The van der Waals surface area contributed by atoms with Crippen molar-refractivity contribution in [2.24, 2.45) is 0 Å². The molecule has 2 aromatic heterocycles. The number of nitrogens with zero attached hydrogens (tertiary/aromatic N) is 5. The largest absolute Gasteiger partial charge is 0.390 e. The lowest BCUT2D eigenvalue weighted by Gasteiger charge is -2.21. The van der Waals surface area contributed by atoms with E-state index in [9.17, 15) is 10.4 Å². The number of thiophene rings is 1. The van der Waals surface area contributed by atoms with Crippen molar-refractivity contribution in [3.05, 3.63) is 46.7 Å². The second-order valence-electron chi connectivity index (χ2n) is 9.32. The molecule has 2 atom stereocenters. The lowest BCUT2D eigenvalue weighted by atomic mass is 9.90. The Balaban J connectivity index is 1.61. The Morgan fingerprint density at radius 1 is 1.22 bits per heavy atom. The van der Waals surface area contributed by atoms with Crippen LogP contribution in [0, 0.1) is 23.0 Å². The van der Waals surface area contributed by atoms with Crippen LogP contribution in [0.4, 0.5) is 19.7 Å². The van der Waals surface area contributed by atoms with Gasteiger partial charge in [-0.1, -0.05) is 0 Å². The van der Waals surface area contributed by atoms with E-state index < -0.39 is 17.7 Å². The van der Waals surface area contributed by atoms with Crippen LogP contribution in [-0.2, 0) is 18.0 Å². The van der Waals surface area contributed by atoms with Crippen molar-refractivity contribution in [1.29, 1.82) is 5.26 Å². The molecule has 0 saturated carbocycles. The molecule has 0 aliphatic carbocycles. The minimum Gasteiger partial charge on any atom is -0.390 e. The van der Waals surface area contributed by atoms with Crippen molar-refractivity contribution in [2.75, 3.05) is 37.8 Å². The molecule has 0 unspecified atom stereocenters. The summed E-state index contributed by atoms with van der Waals surface area (Å²) in [5, 5.41) is 21.2. The van der Waals surface area contributed by atoms with Crippen molar-refractivity contribution in [3.8, 4) is 17.2 Å². The van der Waals surface area contributed by atoms with E-state index >= 15 is 8.78 Å². The smallest absolute Gasteiger partial charge is 0.226 e. The van der Waals surface area contributed by atoms with Gasteiger partial charge in [-0.2, -0.15) is 5.26 Å². The molecular formula is C25H22F2N6O2S. The summed E-state index contributed by atoms with van der Waals surface area (Å²) in [4.78, 5) is 12.8. The van der Waals surface area contributed by atoms with Crippen LogP contribution < -0.4 is 10.6 Å². The summed E-state index contributed by atoms with van der Waals surface area (Å²) in [5.74, 6) is -1.08. The molecule has 0 amide bonds. The molecule has 6 rings (SSSR count). The molecule has 184 valence electrons. The molecule has 0 radical (unpaired) electrons. The number of halogens is 2. The van der Waals surface area contributed by atoms with Gasteiger partial charge in [-0.15, -0.1) is 11.3 Å². The Hall–Kier alpha value is -3.43. The lowest BCUT2D eigenvalue weighted by Crippen LogP contribution is -2.38. The van der Waals surface area contributed by atoms with Gasteiger partial charge in [0.25, 0.3) is 0 Å². The van der Waals surface area contributed by atoms with E-state index in [0.717, 1.165) is 11.3 Å². The van der Waals surface area contributed by atoms with E-state index in [1.54, 1.807) is 12.3 Å². The van der Waals surface area contributed by atoms with Crippen molar-refractivity contribution in [2.45, 2.75) is 25.4 Å². The predicted octanol–water partition coefficient (Wildman–Crippen LogP) is 3.38. The third-order valence-electron chi connectivity index (χ3n) is 7.09. The molecule has 11 heteroatoms. The topological polar surface area (TPSA) is 112 Å². The number of benzene rings is 2. The molecule has 1 fully saturated rings. The number of anilines is 2. The highest BCUT2D eigenvalue weighted by molar-refractivity contribution is 7.23. The fourth-order valence-electron chi connectivity index (χ4n) is 5.30. The van der Waals surface area contributed by atoms with Crippen LogP contribution in [0.5, 0.6) is 0 Å². The van der Waals surface area contributed by atoms with Crippen LogP contribution in [0.15, 0.2) is 18.3 Å². The third-order valence-corrected chi connectivity index (χ3v) is 8.07. The number of β-amino-alcohol motifs (C(OH)–C–C–N with tert-alkyl or cyclic N) is 1. The molecule has 0 spiro atoms. The maximum absolute atomic E-state index is 16.4. The zero-order valence-corrected chi connectivity index (χ0v) is 20.4. The molecule has 3 N–H and O–H groups in total. The van der Waals surface area contributed by atoms with Crippen LogP contribution in [-0.4, -0.2) is 59.3 Å². The zero-order chi connectivity index (χ0) is 25.3. The maximum atomic E-state index is 16.4. The predicted molar refractivity (Wildman–Crippen MR) is 134 cm³/mol. The summed E-state index contributed by atoms with van der Waals surface area (Å²) in [6.45, 7) is 1.10. The fraction of sp³-hybridized carbons (Fsp3) is 0.320. The normalized spacial score (nSPS) is 19.5. The van der Waals surface area contributed by atoms with Gasteiger partial charge in [-0.25, -0.2) is 18.7 Å². The number of aliphatic hydroxyl groups excluding tert-OH is 1. The van der Waals surface area contributed by atoms with E-state index in [1.165, 1.54) is 6.07 Å². The number of rotatable bonds is 3. The van der Waals surface area contributed by atoms with E-state index in [4.69, 9.17) is 10.5 Å². The van der Waals surface area contributed by atoms with Gasteiger partial charge < -0.3 is 25.4 Å². The number of hydrogen-bond donors (Lipinski definition) is 2. The van der Waals surface area contributed by atoms with Gasteiger partial charge in [-0.05, 0) is 37.4 Å². The summed E-state index contributed by atoms with van der Waals surface area (Å²) >= 11 is 1.16. The van der Waals surface area contributed by atoms with Gasteiger partial charge in [0.2, 0.25) is 5.95 Å². The maximum Gasteiger partial charge on any atom is 0.226 e. The van der Waals surface area contributed by atoms with Crippen molar-refractivity contribution in [3.63, 3.8) is 0 Å². The summed E-state index contributed by atoms with van der Waals surface area (Å²) in [6.07, 6.45) is 0.960. The van der Waals surface area contributed by atoms with E-state index in [1.807, 2.05) is 30.0 Å². The Labute approximate surface area is 209 Å². The number of ether oxygens (including phenoxy) is 1. The Kier molecular flexibility index (Phi) is 5.31. The van der Waals surface area contributed by atoms with Crippen LogP contribution in [0.1, 0.15) is 16.7 Å². The number of nitriles is 1. The Morgan fingerprint density at radius 3 is 2.72 bits per heavy atom. The highest BCUT2D eigenvalue weighted by Gasteiger charge is 2.35. The number of aliphatic hydroxyl groups is 1. The number of fused-ring (bicyclic) bond motifs is 4. The lowest BCUT2D eigenvalue weighted by molar-refractivity contribution is 0.114. The van der Waals surface area contributed by atoms with Gasteiger partial charge in [0, 0.05) is 45.9 Å². The number of hydrogen-bond acceptors (Lipinski definition) is 9. The van der Waals surface area contributed by atoms with Crippen molar-refractivity contribution in [1.82, 2.24) is 14.9 Å². The number of nitrogens with two attached hydrogens (primary N) is 1. The summed E-state index contributed by atoms with van der Waals surface area (Å²) in [6, 6.07) is 4.75. The molecule has 8 nitrogen and oxygen atoms in total. The van der Waals surface area contributed by atoms with Gasteiger partial charge >= 0.3 is 0 Å².